The quantitative estimate of drug-likeness (QED) is 0.489. The molecule has 1 aliphatic heterocycles. The lowest BCUT2D eigenvalue weighted by Crippen LogP contribution is -2.33. The predicted molar refractivity (Wildman–Crippen MR) is 120 cm³/mol. The number of Topliss-reactive ketones (excluding diaryl/α,β-unsaturated/α-hetero) is 1. The number of rotatable bonds is 7. The first-order chi connectivity index (χ1) is 15.4. The summed E-state index contributed by atoms with van der Waals surface area (Å²) in [6.45, 7) is 0.192. The third-order valence-electron chi connectivity index (χ3n) is 6.03. The molecular weight excluding hydrogens is 407 g/mol. The Morgan fingerprint density at radius 2 is 1.62 bits per heavy atom. The third kappa shape index (κ3) is 4.09. The van der Waals surface area contributed by atoms with Gasteiger partial charge < -0.3 is 14.7 Å². The second-order valence-electron chi connectivity index (χ2n) is 8.18. The van der Waals surface area contributed by atoms with Gasteiger partial charge in [-0.15, -0.1) is 0 Å². The fraction of sp³-hybridized carbons (Fsp3) is 0.320. The van der Waals surface area contributed by atoms with E-state index in [4.69, 9.17) is 0 Å². The number of nitriles is 1. The highest BCUT2D eigenvalue weighted by Crippen LogP contribution is 2.40. The number of hydrogen-bond acceptors (Lipinski definition) is 5. The monoisotopic (exact) mass is 432 g/mol. The summed E-state index contributed by atoms with van der Waals surface area (Å²) < 4.78 is 14.1. The number of hydrogen-bond donors (Lipinski definition) is 0. The summed E-state index contributed by atoms with van der Waals surface area (Å²) in [4.78, 5) is 31.2. The minimum atomic E-state index is -0.371. The van der Waals surface area contributed by atoms with Gasteiger partial charge in [-0.2, -0.15) is 5.26 Å². The first kappa shape index (κ1) is 21.6. The van der Waals surface area contributed by atoms with E-state index in [2.05, 4.69) is 0 Å². The summed E-state index contributed by atoms with van der Waals surface area (Å²) in [7, 11) is 3.63. The number of allylic oxidation sites excluding steroid dienone is 1. The van der Waals surface area contributed by atoms with Gasteiger partial charge in [0, 0.05) is 45.1 Å². The van der Waals surface area contributed by atoms with Crippen LogP contribution in [-0.2, 0) is 16.1 Å². The fourth-order valence-corrected chi connectivity index (χ4v) is 4.16. The highest BCUT2D eigenvalue weighted by molar-refractivity contribution is 6.03. The van der Waals surface area contributed by atoms with Crippen molar-refractivity contribution in [1.29, 1.82) is 5.26 Å². The first-order valence-electron chi connectivity index (χ1n) is 10.7. The van der Waals surface area contributed by atoms with Crippen LogP contribution in [0.3, 0.4) is 0 Å². The second kappa shape index (κ2) is 8.83. The predicted octanol–water partition coefficient (Wildman–Crippen LogP) is 3.99. The van der Waals surface area contributed by atoms with Crippen LogP contribution in [0.4, 0.5) is 15.8 Å². The average Bonchev–Trinajstić information content (AvgIpc) is 3.61. The lowest BCUT2D eigenvalue weighted by Gasteiger charge is -2.23. The number of para-hydroxylation sites is 2. The Hall–Kier alpha value is -3.66. The van der Waals surface area contributed by atoms with Gasteiger partial charge in [-0.1, -0.05) is 30.3 Å². The summed E-state index contributed by atoms with van der Waals surface area (Å²) >= 11 is 0. The van der Waals surface area contributed by atoms with Crippen molar-refractivity contribution in [2.75, 3.05) is 23.9 Å². The molecule has 2 aliphatic rings. The number of carbonyl (C=O) groups excluding carboxylic acids is 2. The molecule has 0 N–H and O–H groups in total. The second-order valence-corrected chi connectivity index (χ2v) is 8.18. The Bertz CT molecular complexity index is 1100. The number of ketones is 1. The summed E-state index contributed by atoms with van der Waals surface area (Å²) in [5.74, 6) is -0.395. The normalized spacial score (nSPS) is 14.8. The van der Waals surface area contributed by atoms with Crippen molar-refractivity contribution in [1.82, 2.24) is 4.90 Å². The molecule has 164 valence electrons. The molecule has 7 heteroatoms. The van der Waals surface area contributed by atoms with E-state index in [-0.39, 0.29) is 48.5 Å². The number of nitrogens with zero attached hydrogens (tertiary/aromatic N) is 4. The van der Waals surface area contributed by atoms with E-state index in [1.54, 1.807) is 23.1 Å². The number of halogens is 1. The van der Waals surface area contributed by atoms with Crippen molar-refractivity contribution in [3.05, 3.63) is 71.3 Å². The van der Waals surface area contributed by atoms with Gasteiger partial charge in [-0.3, -0.25) is 9.59 Å². The molecule has 6 nitrogen and oxygen atoms in total. The summed E-state index contributed by atoms with van der Waals surface area (Å²) in [6.07, 6.45) is 1.69. The lowest BCUT2D eigenvalue weighted by molar-refractivity contribution is -0.133. The maximum atomic E-state index is 14.1. The number of fused-ring (bicyclic) bond motifs is 1. The van der Waals surface area contributed by atoms with Crippen molar-refractivity contribution in [2.45, 2.75) is 38.3 Å². The van der Waals surface area contributed by atoms with E-state index in [1.165, 1.54) is 6.07 Å². The van der Waals surface area contributed by atoms with Crippen LogP contribution in [0, 0.1) is 17.1 Å². The Kier molecular flexibility index (Phi) is 5.95. The molecule has 1 heterocycles. The summed E-state index contributed by atoms with van der Waals surface area (Å²) in [5.41, 5.74) is 2.31. The van der Waals surface area contributed by atoms with Crippen molar-refractivity contribution in [3.8, 4) is 6.07 Å². The Morgan fingerprint density at radius 3 is 2.19 bits per heavy atom. The first-order valence-corrected chi connectivity index (χ1v) is 10.7. The molecule has 32 heavy (non-hydrogen) atoms. The van der Waals surface area contributed by atoms with Gasteiger partial charge in [0.1, 0.15) is 23.3 Å². The van der Waals surface area contributed by atoms with Crippen LogP contribution in [-0.4, -0.2) is 36.7 Å². The molecule has 0 radical (unpaired) electrons. The zero-order valence-corrected chi connectivity index (χ0v) is 18.2. The minimum Gasteiger partial charge on any atom is -0.335 e. The van der Waals surface area contributed by atoms with Gasteiger partial charge in [-0.25, -0.2) is 4.39 Å². The van der Waals surface area contributed by atoms with Crippen LogP contribution >= 0.6 is 0 Å². The molecule has 0 spiro atoms. The molecule has 0 atom stereocenters. The minimum absolute atomic E-state index is 0.0113. The van der Waals surface area contributed by atoms with Gasteiger partial charge in [0.25, 0.3) is 0 Å². The van der Waals surface area contributed by atoms with Crippen LogP contribution in [0.1, 0.15) is 31.2 Å². The fourth-order valence-electron chi connectivity index (χ4n) is 4.16. The maximum absolute atomic E-state index is 14.1. The van der Waals surface area contributed by atoms with E-state index in [1.807, 2.05) is 54.2 Å². The molecule has 1 fully saturated rings. The standard InChI is InChI=1S/C25H25FN4O2/c1-28-21-9-5-6-10-22(21)29(2)25(28)19(15-27)23(31)13-14-24(32)30(18-11-12-18)16-17-7-3-4-8-20(17)26/h3-10,18H,11-14,16H2,1-2H3. The molecular formula is C25H25FN4O2. The molecule has 2 aromatic carbocycles. The van der Waals surface area contributed by atoms with E-state index >= 15 is 0 Å². The van der Waals surface area contributed by atoms with E-state index in [0.717, 1.165) is 24.2 Å². The number of carbonyl (C=O) groups is 2. The molecule has 0 bridgehead atoms. The zero-order chi connectivity index (χ0) is 22.8. The van der Waals surface area contributed by atoms with Gasteiger partial charge in [0.15, 0.2) is 5.78 Å². The lowest BCUT2D eigenvalue weighted by atomic mass is 10.1. The molecule has 1 aliphatic carbocycles. The van der Waals surface area contributed by atoms with Crippen molar-refractivity contribution < 1.29 is 14.0 Å². The van der Waals surface area contributed by atoms with Crippen molar-refractivity contribution >= 4 is 23.1 Å². The number of benzene rings is 2. The van der Waals surface area contributed by atoms with Gasteiger partial charge in [0.2, 0.25) is 5.91 Å². The number of anilines is 2. The Labute approximate surface area is 187 Å². The summed E-state index contributed by atoms with van der Waals surface area (Å²) in [6, 6.07) is 16.2. The molecule has 2 aromatic rings. The zero-order valence-electron chi connectivity index (χ0n) is 18.2. The van der Waals surface area contributed by atoms with E-state index in [9.17, 15) is 19.2 Å². The highest BCUT2D eigenvalue weighted by atomic mass is 19.1. The van der Waals surface area contributed by atoms with Crippen LogP contribution in [0.5, 0.6) is 0 Å². The van der Waals surface area contributed by atoms with Crippen molar-refractivity contribution in [3.63, 3.8) is 0 Å². The van der Waals surface area contributed by atoms with Crippen LogP contribution in [0.15, 0.2) is 59.9 Å². The van der Waals surface area contributed by atoms with Crippen LogP contribution in [0.25, 0.3) is 0 Å². The topological polar surface area (TPSA) is 67.6 Å². The molecule has 1 amide bonds. The largest absolute Gasteiger partial charge is 0.335 e. The van der Waals surface area contributed by atoms with Gasteiger partial charge in [-0.05, 0) is 31.0 Å². The smallest absolute Gasteiger partial charge is 0.223 e. The van der Waals surface area contributed by atoms with Gasteiger partial charge in [0.05, 0.1) is 11.4 Å². The summed E-state index contributed by atoms with van der Waals surface area (Å²) in [5, 5.41) is 9.75. The molecule has 4 rings (SSSR count). The SMILES string of the molecule is CN1C(=C(C#N)C(=O)CCC(=O)N(Cc2ccccc2F)C2CC2)N(C)c2ccccc21. The molecule has 1 saturated carbocycles. The highest BCUT2D eigenvalue weighted by Gasteiger charge is 2.34. The molecule has 0 aromatic heterocycles. The van der Waals surface area contributed by atoms with Crippen LogP contribution in [0.2, 0.25) is 0 Å². The van der Waals surface area contributed by atoms with E-state index < -0.39 is 0 Å². The average molecular weight is 432 g/mol. The van der Waals surface area contributed by atoms with Gasteiger partial charge >= 0.3 is 0 Å². The van der Waals surface area contributed by atoms with Crippen LogP contribution < -0.4 is 9.80 Å². The number of amides is 1. The van der Waals surface area contributed by atoms with E-state index in [0.29, 0.717) is 11.4 Å². The molecule has 0 saturated heterocycles. The van der Waals surface area contributed by atoms with Crippen molar-refractivity contribution in [2.24, 2.45) is 0 Å². The molecule has 0 unspecified atom stereocenters. The third-order valence-corrected chi connectivity index (χ3v) is 6.03. The Balaban J connectivity index is 1.47. The Morgan fingerprint density at radius 1 is 1.03 bits per heavy atom. The maximum Gasteiger partial charge on any atom is 0.223 e.